The van der Waals surface area contributed by atoms with Crippen molar-refractivity contribution < 1.29 is 4.79 Å². The quantitative estimate of drug-likeness (QED) is 0.826. The van der Waals surface area contributed by atoms with Crippen molar-refractivity contribution in [2.75, 3.05) is 0 Å². The third-order valence-corrected chi connectivity index (χ3v) is 3.01. The van der Waals surface area contributed by atoms with Crippen molar-refractivity contribution in [2.45, 2.75) is 45.2 Å². The van der Waals surface area contributed by atoms with Gasteiger partial charge in [-0.3, -0.25) is 4.79 Å². The van der Waals surface area contributed by atoms with E-state index in [9.17, 15) is 4.79 Å². The molecule has 1 aromatic heterocycles. The van der Waals surface area contributed by atoms with E-state index in [1.54, 1.807) is 11.3 Å². The Labute approximate surface area is 101 Å². The fourth-order valence-electron chi connectivity index (χ4n) is 1.52. The summed E-state index contributed by atoms with van der Waals surface area (Å²) in [4.78, 5) is 12.9. The highest BCUT2D eigenvalue weighted by atomic mass is 32.1. The lowest BCUT2D eigenvalue weighted by Crippen LogP contribution is -2.42. The lowest BCUT2D eigenvalue weighted by Gasteiger charge is -2.20. The van der Waals surface area contributed by atoms with Crippen LogP contribution in [0, 0.1) is 0 Å². The number of hydrogen-bond donors (Lipinski definition) is 2. The second-order valence-corrected chi connectivity index (χ2v) is 5.95. The SMILES string of the molecule is CC(Cc1cccs1)NC(=O)CC(C)(C)N. The molecular weight excluding hydrogens is 220 g/mol. The third-order valence-electron chi connectivity index (χ3n) is 2.11. The van der Waals surface area contributed by atoms with Gasteiger partial charge in [-0.15, -0.1) is 11.3 Å². The first kappa shape index (κ1) is 13.2. The maximum atomic E-state index is 11.6. The molecule has 16 heavy (non-hydrogen) atoms. The van der Waals surface area contributed by atoms with Gasteiger partial charge < -0.3 is 11.1 Å². The first-order valence-electron chi connectivity index (χ1n) is 5.47. The summed E-state index contributed by atoms with van der Waals surface area (Å²) in [5.74, 6) is 0.0246. The van der Waals surface area contributed by atoms with Crippen LogP contribution in [-0.4, -0.2) is 17.5 Å². The summed E-state index contributed by atoms with van der Waals surface area (Å²) in [6.45, 7) is 5.73. The van der Waals surface area contributed by atoms with E-state index in [-0.39, 0.29) is 11.9 Å². The summed E-state index contributed by atoms with van der Waals surface area (Å²) in [7, 11) is 0. The molecule has 3 N–H and O–H groups in total. The average molecular weight is 240 g/mol. The first-order valence-corrected chi connectivity index (χ1v) is 6.35. The van der Waals surface area contributed by atoms with E-state index >= 15 is 0 Å². The fraction of sp³-hybridized carbons (Fsp3) is 0.583. The highest BCUT2D eigenvalue weighted by Gasteiger charge is 2.17. The summed E-state index contributed by atoms with van der Waals surface area (Å²) < 4.78 is 0. The Hall–Kier alpha value is -0.870. The van der Waals surface area contributed by atoms with Gasteiger partial charge in [0.05, 0.1) is 0 Å². The molecular formula is C12H20N2OS. The predicted molar refractivity (Wildman–Crippen MR) is 68.5 cm³/mol. The van der Waals surface area contributed by atoms with E-state index in [2.05, 4.69) is 11.4 Å². The van der Waals surface area contributed by atoms with Crippen LogP contribution in [0.15, 0.2) is 17.5 Å². The van der Waals surface area contributed by atoms with Crippen LogP contribution < -0.4 is 11.1 Å². The predicted octanol–water partition coefficient (Wildman–Crippen LogP) is 1.92. The van der Waals surface area contributed by atoms with E-state index in [0.717, 1.165) is 6.42 Å². The molecule has 1 amide bonds. The number of nitrogens with one attached hydrogen (secondary N) is 1. The largest absolute Gasteiger partial charge is 0.353 e. The minimum absolute atomic E-state index is 0.0246. The Bertz CT molecular complexity index is 327. The summed E-state index contributed by atoms with van der Waals surface area (Å²) in [5, 5.41) is 5.01. The van der Waals surface area contributed by atoms with Gasteiger partial charge in [0.25, 0.3) is 0 Å². The number of thiophene rings is 1. The Balaban J connectivity index is 2.34. The molecule has 0 fully saturated rings. The molecule has 0 spiro atoms. The lowest BCUT2D eigenvalue weighted by atomic mass is 10.0. The van der Waals surface area contributed by atoms with Gasteiger partial charge in [-0.2, -0.15) is 0 Å². The Morgan fingerprint density at radius 3 is 2.81 bits per heavy atom. The van der Waals surface area contributed by atoms with E-state index in [0.29, 0.717) is 6.42 Å². The molecule has 0 saturated carbocycles. The van der Waals surface area contributed by atoms with Crippen molar-refractivity contribution in [1.82, 2.24) is 5.32 Å². The number of hydrogen-bond acceptors (Lipinski definition) is 3. The zero-order chi connectivity index (χ0) is 12.2. The number of carbonyl (C=O) groups is 1. The maximum Gasteiger partial charge on any atom is 0.222 e. The summed E-state index contributed by atoms with van der Waals surface area (Å²) in [5.41, 5.74) is 5.35. The van der Waals surface area contributed by atoms with E-state index in [1.165, 1.54) is 4.88 Å². The molecule has 0 aliphatic rings. The topological polar surface area (TPSA) is 55.1 Å². The Morgan fingerprint density at radius 1 is 1.62 bits per heavy atom. The van der Waals surface area contributed by atoms with E-state index in [1.807, 2.05) is 32.2 Å². The lowest BCUT2D eigenvalue weighted by molar-refractivity contribution is -0.122. The molecule has 1 rings (SSSR count). The molecule has 3 nitrogen and oxygen atoms in total. The highest BCUT2D eigenvalue weighted by Crippen LogP contribution is 2.11. The second-order valence-electron chi connectivity index (χ2n) is 4.92. The van der Waals surface area contributed by atoms with Crippen molar-refractivity contribution in [2.24, 2.45) is 5.73 Å². The summed E-state index contributed by atoms with van der Waals surface area (Å²) in [6, 6.07) is 4.27. The summed E-state index contributed by atoms with van der Waals surface area (Å²) >= 11 is 1.72. The molecule has 1 atom stereocenters. The van der Waals surface area contributed by atoms with Crippen molar-refractivity contribution in [3.05, 3.63) is 22.4 Å². The number of rotatable bonds is 5. The minimum atomic E-state index is -0.438. The Kier molecular flexibility index (Phi) is 4.50. The van der Waals surface area contributed by atoms with Crippen molar-refractivity contribution in [1.29, 1.82) is 0 Å². The highest BCUT2D eigenvalue weighted by molar-refractivity contribution is 7.09. The first-order chi connectivity index (χ1) is 7.37. The minimum Gasteiger partial charge on any atom is -0.353 e. The summed E-state index contributed by atoms with van der Waals surface area (Å²) in [6.07, 6.45) is 1.25. The van der Waals surface area contributed by atoms with Crippen LogP contribution in [0.5, 0.6) is 0 Å². The number of nitrogens with two attached hydrogens (primary N) is 1. The van der Waals surface area contributed by atoms with Crippen LogP contribution in [0.3, 0.4) is 0 Å². The molecule has 0 aromatic carbocycles. The van der Waals surface area contributed by atoms with Crippen molar-refractivity contribution >= 4 is 17.2 Å². The molecule has 4 heteroatoms. The van der Waals surface area contributed by atoms with Gasteiger partial charge in [0.2, 0.25) is 5.91 Å². The zero-order valence-electron chi connectivity index (χ0n) is 10.1. The average Bonchev–Trinajstić information content (AvgIpc) is 2.51. The van der Waals surface area contributed by atoms with Crippen molar-refractivity contribution in [3.8, 4) is 0 Å². The van der Waals surface area contributed by atoms with Gasteiger partial charge in [-0.05, 0) is 32.2 Å². The van der Waals surface area contributed by atoms with Gasteiger partial charge in [-0.1, -0.05) is 6.07 Å². The van der Waals surface area contributed by atoms with Crippen LogP contribution in [0.2, 0.25) is 0 Å². The normalized spacial score (nSPS) is 13.5. The molecule has 1 aromatic rings. The fourth-order valence-corrected chi connectivity index (χ4v) is 2.36. The van der Waals surface area contributed by atoms with Gasteiger partial charge in [0, 0.05) is 29.3 Å². The molecule has 0 aliphatic carbocycles. The van der Waals surface area contributed by atoms with Crippen molar-refractivity contribution in [3.63, 3.8) is 0 Å². The standard InChI is InChI=1S/C12H20N2OS/c1-9(7-10-5-4-6-16-10)14-11(15)8-12(2,3)13/h4-6,9H,7-8,13H2,1-3H3,(H,14,15). The van der Waals surface area contributed by atoms with Crippen LogP contribution in [0.4, 0.5) is 0 Å². The Morgan fingerprint density at radius 2 is 2.31 bits per heavy atom. The van der Waals surface area contributed by atoms with Gasteiger partial charge in [-0.25, -0.2) is 0 Å². The van der Waals surface area contributed by atoms with Gasteiger partial charge in [0.1, 0.15) is 0 Å². The van der Waals surface area contributed by atoms with Crippen LogP contribution in [0.1, 0.15) is 32.1 Å². The molecule has 0 bridgehead atoms. The monoisotopic (exact) mass is 240 g/mol. The van der Waals surface area contributed by atoms with Crippen LogP contribution in [0.25, 0.3) is 0 Å². The van der Waals surface area contributed by atoms with Gasteiger partial charge >= 0.3 is 0 Å². The van der Waals surface area contributed by atoms with E-state index < -0.39 is 5.54 Å². The molecule has 0 radical (unpaired) electrons. The molecule has 0 aliphatic heterocycles. The smallest absolute Gasteiger partial charge is 0.222 e. The number of amides is 1. The van der Waals surface area contributed by atoms with Gasteiger partial charge in [0.15, 0.2) is 0 Å². The maximum absolute atomic E-state index is 11.6. The molecule has 1 heterocycles. The zero-order valence-corrected chi connectivity index (χ0v) is 10.9. The molecule has 90 valence electrons. The van der Waals surface area contributed by atoms with E-state index in [4.69, 9.17) is 5.73 Å². The molecule has 1 unspecified atom stereocenters. The third kappa shape index (κ3) is 5.28. The molecule has 0 saturated heterocycles. The van der Waals surface area contributed by atoms with Crippen LogP contribution >= 0.6 is 11.3 Å². The second kappa shape index (κ2) is 5.46. The van der Waals surface area contributed by atoms with Crippen LogP contribution in [-0.2, 0) is 11.2 Å². The number of carbonyl (C=O) groups excluding carboxylic acids is 1.